The lowest BCUT2D eigenvalue weighted by atomic mass is 10.1. The van der Waals surface area contributed by atoms with Crippen LogP contribution in [0.15, 0.2) is 60.7 Å². The van der Waals surface area contributed by atoms with Crippen LogP contribution < -0.4 is 10.6 Å². The van der Waals surface area contributed by atoms with Gasteiger partial charge < -0.3 is 10.6 Å². The van der Waals surface area contributed by atoms with Crippen LogP contribution in [0.3, 0.4) is 0 Å². The van der Waals surface area contributed by atoms with E-state index in [9.17, 15) is 0 Å². The molecule has 3 aromatic rings. The highest BCUT2D eigenvalue weighted by Gasteiger charge is 2.02. The molecule has 0 amide bonds. The minimum Gasteiger partial charge on any atom is -0.366 e. The van der Waals surface area contributed by atoms with Gasteiger partial charge in [0.15, 0.2) is 0 Å². The fourth-order valence-electron chi connectivity index (χ4n) is 2.44. The predicted molar refractivity (Wildman–Crippen MR) is 99.0 cm³/mol. The van der Waals surface area contributed by atoms with Crippen molar-refractivity contribution in [2.75, 3.05) is 10.6 Å². The molecule has 4 heteroatoms. The Hall–Kier alpha value is -2.88. The molecule has 0 spiro atoms. The van der Waals surface area contributed by atoms with Crippen LogP contribution in [-0.2, 0) is 13.1 Å². The second-order valence-electron chi connectivity index (χ2n) is 5.86. The first-order valence-electron chi connectivity index (χ1n) is 8.12. The van der Waals surface area contributed by atoms with Crippen molar-refractivity contribution in [1.82, 2.24) is 9.97 Å². The first-order chi connectivity index (χ1) is 11.7. The van der Waals surface area contributed by atoms with Gasteiger partial charge in [-0.1, -0.05) is 60.2 Å². The van der Waals surface area contributed by atoms with Gasteiger partial charge in [-0.3, -0.25) is 0 Å². The van der Waals surface area contributed by atoms with Crippen LogP contribution in [0.4, 0.5) is 11.6 Å². The molecule has 0 aliphatic rings. The summed E-state index contributed by atoms with van der Waals surface area (Å²) in [4.78, 5) is 8.91. The zero-order chi connectivity index (χ0) is 16.8. The average Bonchev–Trinajstić information content (AvgIpc) is 2.60. The van der Waals surface area contributed by atoms with E-state index in [1.807, 2.05) is 31.2 Å². The van der Waals surface area contributed by atoms with Crippen LogP contribution in [0.25, 0.3) is 0 Å². The number of hydrogen-bond donors (Lipinski definition) is 2. The maximum atomic E-state index is 4.46. The minimum atomic E-state index is 0.745. The molecule has 0 aliphatic carbocycles. The van der Waals surface area contributed by atoms with Crippen LogP contribution in [0, 0.1) is 13.8 Å². The number of aromatic nitrogens is 2. The number of hydrogen-bond acceptors (Lipinski definition) is 4. The number of rotatable bonds is 6. The third-order valence-corrected chi connectivity index (χ3v) is 3.75. The fourth-order valence-corrected chi connectivity index (χ4v) is 2.44. The highest BCUT2D eigenvalue weighted by molar-refractivity contribution is 5.48. The second-order valence-corrected chi connectivity index (χ2v) is 5.86. The molecule has 0 bridgehead atoms. The van der Waals surface area contributed by atoms with Crippen LogP contribution in [-0.4, -0.2) is 9.97 Å². The van der Waals surface area contributed by atoms with Crippen LogP contribution in [0.1, 0.15) is 22.5 Å². The van der Waals surface area contributed by atoms with E-state index >= 15 is 0 Å². The molecule has 4 nitrogen and oxygen atoms in total. The van der Waals surface area contributed by atoms with E-state index in [2.05, 4.69) is 63.9 Å². The molecular weight excluding hydrogens is 296 g/mol. The van der Waals surface area contributed by atoms with Gasteiger partial charge >= 0.3 is 0 Å². The summed E-state index contributed by atoms with van der Waals surface area (Å²) in [7, 11) is 0. The van der Waals surface area contributed by atoms with E-state index < -0.39 is 0 Å². The van der Waals surface area contributed by atoms with Crippen LogP contribution in [0.2, 0.25) is 0 Å². The number of nitrogens with one attached hydrogen (secondary N) is 2. The number of nitrogens with zero attached hydrogens (tertiary/aromatic N) is 2. The third-order valence-electron chi connectivity index (χ3n) is 3.75. The molecule has 1 heterocycles. The van der Waals surface area contributed by atoms with Crippen LogP contribution >= 0.6 is 0 Å². The maximum absolute atomic E-state index is 4.46. The first kappa shape index (κ1) is 16.0. The predicted octanol–water partition coefficient (Wildman–Crippen LogP) is 4.32. The van der Waals surface area contributed by atoms with Gasteiger partial charge in [-0.25, -0.2) is 9.97 Å². The molecule has 1 aromatic heterocycles. The van der Waals surface area contributed by atoms with Crippen molar-refractivity contribution in [3.05, 3.63) is 83.2 Å². The normalized spacial score (nSPS) is 10.4. The summed E-state index contributed by atoms with van der Waals surface area (Å²) in [6.45, 7) is 5.49. The summed E-state index contributed by atoms with van der Waals surface area (Å²) in [6.07, 6.45) is 0. The number of benzene rings is 2. The highest BCUT2D eigenvalue weighted by atomic mass is 15.1. The molecule has 0 fully saturated rings. The van der Waals surface area contributed by atoms with Gasteiger partial charge in [0.05, 0.1) is 0 Å². The van der Waals surface area contributed by atoms with Gasteiger partial charge in [-0.2, -0.15) is 0 Å². The quantitative estimate of drug-likeness (QED) is 0.711. The van der Waals surface area contributed by atoms with Gasteiger partial charge in [0.25, 0.3) is 0 Å². The molecule has 0 atom stereocenters. The highest BCUT2D eigenvalue weighted by Crippen LogP contribution is 2.14. The lowest BCUT2D eigenvalue weighted by molar-refractivity contribution is 1.00. The average molecular weight is 318 g/mol. The standard InChI is InChI=1S/C20H22N4/c1-15-8-10-18(11-9-15)14-22-20-12-19(23-16(2)24-20)21-13-17-6-4-3-5-7-17/h3-12H,13-14H2,1-2H3,(H2,21,22,23,24). The van der Waals surface area contributed by atoms with Gasteiger partial charge in [0.2, 0.25) is 0 Å². The Morgan fingerprint density at radius 2 is 1.25 bits per heavy atom. The van der Waals surface area contributed by atoms with Crippen molar-refractivity contribution in [3.8, 4) is 0 Å². The molecule has 0 radical (unpaired) electrons. The van der Waals surface area contributed by atoms with E-state index in [1.54, 1.807) is 0 Å². The Kier molecular flexibility index (Phi) is 5.06. The summed E-state index contributed by atoms with van der Waals surface area (Å²) in [6, 6.07) is 20.7. The van der Waals surface area contributed by atoms with Gasteiger partial charge in [0.1, 0.15) is 17.5 Å². The molecule has 0 unspecified atom stereocenters. The van der Waals surface area contributed by atoms with Gasteiger partial charge in [-0.05, 0) is 25.0 Å². The largest absolute Gasteiger partial charge is 0.366 e. The van der Waals surface area contributed by atoms with E-state index in [4.69, 9.17) is 0 Å². The molecule has 2 aromatic carbocycles. The zero-order valence-corrected chi connectivity index (χ0v) is 14.1. The van der Waals surface area contributed by atoms with Crippen molar-refractivity contribution in [1.29, 1.82) is 0 Å². The smallest absolute Gasteiger partial charge is 0.132 e. The maximum Gasteiger partial charge on any atom is 0.132 e. The molecule has 0 saturated carbocycles. The third kappa shape index (κ3) is 4.56. The van der Waals surface area contributed by atoms with E-state index in [0.29, 0.717) is 0 Å². The Morgan fingerprint density at radius 3 is 1.83 bits per heavy atom. The van der Waals surface area contributed by atoms with Crippen molar-refractivity contribution in [2.45, 2.75) is 26.9 Å². The first-order valence-corrected chi connectivity index (χ1v) is 8.12. The summed E-state index contributed by atoms with van der Waals surface area (Å²) in [5.74, 6) is 2.41. The summed E-state index contributed by atoms with van der Waals surface area (Å²) < 4.78 is 0. The molecule has 24 heavy (non-hydrogen) atoms. The fraction of sp³-hybridized carbons (Fsp3) is 0.200. The van der Waals surface area contributed by atoms with Gasteiger partial charge in [0, 0.05) is 19.2 Å². The Bertz CT molecular complexity index is 782. The summed E-state index contributed by atoms with van der Waals surface area (Å²) in [5.41, 5.74) is 3.72. The van der Waals surface area contributed by atoms with Crippen molar-refractivity contribution in [2.24, 2.45) is 0 Å². The van der Waals surface area contributed by atoms with Crippen molar-refractivity contribution < 1.29 is 0 Å². The van der Waals surface area contributed by atoms with Crippen molar-refractivity contribution >= 4 is 11.6 Å². The Balaban J connectivity index is 1.63. The zero-order valence-electron chi connectivity index (χ0n) is 14.1. The number of anilines is 2. The van der Waals surface area contributed by atoms with Gasteiger partial charge in [-0.15, -0.1) is 0 Å². The molecule has 3 rings (SSSR count). The topological polar surface area (TPSA) is 49.8 Å². The van der Waals surface area contributed by atoms with E-state index in [-0.39, 0.29) is 0 Å². The Labute approximate surface area is 143 Å². The molecular formula is C20H22N4. The Morgan fingerprint density at radius 1 is 0.708 bits per heavy atom. The van der Waals surface area contributed by atoms with E-state index in [1.165, 1.54) is 16.7 Å². The second kappa shape index (κ2) is 7.59. The molecule has 122 valence electrons. The lowest BCUT2D eigenvalue weighted by Crippen LogP contribution is -2.07. The lowest BCUT2D eigenvalue weighted by Gasteiger charge is -2.10. The summed E-state index contributed by atoms with van der Waals surface area (Å²) >= 11 is 0. The molecule has 2 N–H and O–H groups in total. The SMILES string of the molecule is Cc1ccc(CNc2cc(NCc3ccccc3)nc(C)n2)cc1. The number of aryl methyl sites for hydroxylation is 2. The minimum absolute atomic E-state index is 0.745. The van der Waals surface area contributed by atoms with Crippen molar-refractivity contribution in [3.63, 3.8) is 0 Å². The monoisotopic (exact) mass is 318 g/mol. The van der Waals surface area contributed by atoms with E-state index in [0.717, 1.165) is 30.5 Å². The molecule has 0 saturated heterocycles. The molecule has 0 aliphatic heterocycles. The van der Waals surface area contributed by atoms with Crippen LogP contribution in [0.5, 0.6) is 0 Å². The summed E-state index contributed by atoms with van der Waals surface area (Å²) in [5, 5.41) is 6.73.